The van der Waals surface area contributed by atoms with Gasteiger partial charge in [-0.25, -0.2) is 14.4 Å². The van der Waals surface area contributed by atoms with Crippen molar-refractivity contribution in [2.24, 2.45) is 0 Å². The molecule has 0 atom stereocenters. The minimum Gasteiger partial charge on any atom is -0.232 e. The van der Waals surface area contributed by atoms with Crippen molar-refractivity contribution in [3.05, 3.63) is 44.4 Å². The Morgan fingerprint density at radius 3 is 2.56 bits per heavy atom. The maximum atomic E-state index is 13.3. The fourth-order valence-corrected chi connectivity index (χ4v) is 2.38. The Bertz CT molecular complexity index is 585. The van der Waals surface area contributed by atoms with Gasteiger partial charge < -0.3 is 0 Å². The first-order chi connectivity index (χ1) is 8.51. The van der Waals surface area contributed by atoms with E-state index in [0.717, 1.165) is 5.69 Å². The number of rotatable bonds is 2. The zero-order valence-corrected chi connectivity index (χ0v) is 12.4. The Kier molecular flexibility index (Phi) is 4.20. The lowest BCUT2D eigenvalue weighted by molar-refractivity contribution is 0.628. The van der Waals surface area contributed by atoms with Crippen LogP contribution in [-0.4, -0.2) is 9.97 Å². The van der Waals surface area contributed by atoms with Gasteiger partial charge in [-0.3, -0.25) is 0 Å². The van der Waals surface area contributed by atoms with Gasteiger partial charge in [0.1, 0.15) is 11.0 Å². The van der Waals surface area contributed by atoms with Crippen LogP contribution in [0, 0.1) is 5.82 Å². The van der Waals surface area contributed by atoms with Crippen LogP contribution in [-0.2, 0) is 6.42 Å². The molecule has 6 heteroatoms. The third-order valence-electron chi connectivity index (χ3n) is 2.34. The van der Waals surface area contributed by atoms with Crippen LogP contribution in [0.5, 0.6) is 0 Å². The summed E-state index contributed by atoms with van der Waals surface area (Å²) in [5.41, 5.74) is 1.27. The van der Waals surface area contributed by atoms with Gasteiger partial charge in [-0.1, -0.05) is 30.1 Å². The van der Waals surface area contributed by atoms with Gasteiger partial charge in [0.2, 0.25) is 0 Å². The van der Waals surface area contributed by atoms with Crippen molar-refractivity contribution in [1.82, 2.24) is 9.97 Å². The van der Waals surface area contributed by atoms with Crippen LogP contribution in [0.3, 0.4) is 0 Å². The van der Waals surface area contributed by atoms with Gasteiger partial charge in [-0.05, 0) is 40.5 Å². The summed E-state index contributed by atoms with van der Waals surface area (Å²) in [5, 5.41) is 0.600. The molecule has 1 aromatic carbocycles. The summed E-state index contributed by atoms with van der Waals surface area (Å²) in [4.78, 5) is 8.45. The number of hydrogen-bond donors (Lipinski definition) is 0. The summed E-state index contributed by atoms with van der Waals surface area (Å²) in [6.45, 7) is 1.95. The lowest BCUT2D eigenvalue weighted by atomic mass is 10.2. The number of benzene rings is 1. The lowest BCUT2D eigenvalue weighted by Crippen LogP contribution is -1.97. The second-order valence-corrected chi connectivity index (χ2v) is 5.20. The highest BCUT2D eigenvalue weighted by atomic mass is 79.9. The first-order valence-electron chi connectivity index (χ1n) is 5.19. The van der Waals surface area contributed by atoms with Crippen LogP contribution in [0.25, 0.3) is 11.4 Å². The van der Waals surface area contributed by atoms with Gasteiger partial charge >= 0.3 is 0 Å². The van der Waals surface area contributed by atoms with Gasteiger partial charge in [0.15, 0.2) is 5.82 Å². The molecule has 0 saturated carbocycles. The SMILES string of the molecule is CCc1nc(-c2cc(F)cc(Cl)c2)nc(Cl)c1Br. The minimum atomic E-state index is -0.432. The van der Waals surface area contributed by atoms with Crippen molar-refractivity contribution in [2.75, 3.05) is 0 Å². The average Bonchev–Trinajstić information content (AvgIpc) is 2.31. The summed E-state index contributed by atoms with van der Waals surface area (Å²) < 4.78 is 14.0. The number of nitrogens with zero attached hydrogens (tertiary/aromatic N) is 2. The molecule has 1 heterocycles. The number of aromatic nitrogens is 2. The largest absolute Gasteiger partial charge is 0.232 e. The van der Waals surface area contributed by atoms with E-state index in [1.807, 2.05) is 6.92 Å². The molecule has 0 fully saturated rings. The molecule has 94 valence electrons. The molecule has 0 unspecified atom stereocenters. The summed E-state index contributed by atoms with van der Waals surface area (Å²) >= 11 is 15.1. The highest BCUT2D eigenvalue weighted by Gasteiger charge is 2.12. The molecule has 0 radical (unpaired) electrons. The number of hydrogen-bond acceptors (Lipinski definition) is 2. The van der Waals surface area contributed by atoms with Crippen molar-refractivity contribution in [2.45, 2.75) is 13.3 Å². The zero-order valence-electron chi connectivity index (χ0n) is 9.35. The normalized spacial score (nSPS) is 10.7. The van der Waals surface area contributed by atoms with Crippen LogP contribution >= 0.6 is 39.1 Å². The van der Waals surface area contributed by atoms with E-state index >= 15 is 0 Å². The van der Waals surface area contributed by atoms with Gasteiger partial charge in [-0.15, -0.1) is 0 Å². The van der Waals surface area contributed by atoms with Crippen LogP contribution < -0.4 is 0 Å². The molecule has 2 aromatic rings. The van der Waals surface area contributed by atoms with Crippen LogP contribution in [0.15, 0.2) is 22.7 Å². The van der Waals surface area contributed by atoms with Crippen LogP contribution in [0.1, 0.15) is 12.6 Å². The third-order valence-corrected chi connectivity index (χ3v) is 3.89. The molecule has 18 heavy (non-hydrogen) atoms. The topological polar surface area (TPSA) is 25.8 Å². The van der Waals surface area contributed by atoms with E-state index < -0.39 is 5.82 Å². The van der Waals surface area contributed by atoms with Crippen molar-refractivity contribution in [3.63, 3.8) is 0 Å². The molecule has 0 aliphatic rings. The molecule has 0 spiro atoms. The molecule has 1 aromatic heterocycles. The highest BCUT2D eigenvalue weighted by molar-refractivity contribution is 9.10. The predicted octanol–water partition coefficient (Wildman–Crippen LogP) is 4.91. The molecule has 0 aliphatic heterocycles. The maximum absolute atomic E-state index is 13.3. The predicted molar refractivity (Wildman–Crippen MR) is 74.5 cm³/mol. The smallest absolute Gasteiger partial charge is 0.161 e. The fraction of sp³-hybridized carbons (Fsp3) is 0.167. The first kappa shape index (κ1) is 13.7. The van der Waals surface area contributed by atoms with Crippen LogP contribution in [0.4, 0.5) is 4.39 Å². The Labute approximate surface area is 122 Å². The molecule has 2 nitrogen and oxygen atoms in total. The van der Waals surface area contributed by atoms with Gasteiger partial charge in [0.05, 0.1) is 10.2 Å². The van der Waals surface area contributed by atoms with E-state index in [-0.39, 0.29) is 0 Å². The maximum Gasteiger partial charge on any atom is 0.161 e. The number of aryl methyl sites for hydroxylation is 1. The van der Waals surface area contributed by atoms with Gasteiger partial charge in [0, 0.05) is 10.6 Å². The number of halogens is 4. The summed E-state index contributed by atoms with van der Waals surface area (Å²) in [7, 11) is 0. The second-order valence-electron chi connectivity index (χ2n) is 3.61. The van der Waals surface area contributed by atoms with E-state index in [1.165, 1.54) is 12.1 Å². The molecule has 0 aliphatic carbocycles. The van der Waals surface area contributed by atoms with Crippen molar-refractivity contribution in [1.29, 1.82) is 0 Å². The monoisotopic (exact) mass is 348 g/mol. The van der Waals surface area contributed by atoms with Gasteiger partial charge in [0.25, 0.3) is 0 Å². The summed E-state index contributed by atoms with van der Waals surface area (Å²) in [5.74, 6) is -0.0698. The summed E-state index contributed by atoms with van der Waals surface area (Å²) in [6.07, 6.45) is 0.693. The molecule has 0 saturated heterocycles. The van der Waals surface area contributed by atoms with E-state index in [0.29, 0.717) is 32.5 Å². The van der Waals surface area contributed by atoms with Crippen LogP contribution in [0.2, 0.25) is 10.2 Å². The van der Waals surface area contributed by atoms with Crippen molar-refractivity contribution < 1.29 is 4.39 Å². The lowest BCUT2D eigenvalue weighted by Gasteiger charge is -2.07. The Morgan fingerprint density at radius 2 is 1.94 bits per heavy atom. The highest BCUT2D eigenvalue weighted by Crippen LogP contribution is 2.28. The van der Waals surface area contributed by atoms with Gasteiger partial charge in [-0.2, -0.15) is 0 Å². The minimum absolute atomic E-state index is 0.297. The standard InChI is InChI=1S/C12H8BrCl2FN2/c1-2-9-10(13)11(15)18-12(17-9)6-3-7(14)5-8(16)4-6/h3-5H,2H2,1H3. The third kappa shape index (κ3) is 2.82. The van der Waals surface area contributed by atoms with Crippen molar-refractivity contribution in [3.8, 4) is 11.4 Å². The van der Waals surface area contributed by atoms with Crippen molar-refractivity contribution >= 4 is 39.1 Å². The van der Waals surface area contributed by atoms with E-state index in [2.05, 4.69) is 25.9 Å². The Hall–Kier alpha value is -0.710. The molecule has 2 rings (SSSR count). The molecular weight excluding hydrogens is 342 g/mol. The molecule has 0 amide bonds. The molecular formula is C12H8BrCl2FN2. The quantitative estimate of drug-likeness (QED) is 0.719. The van der Waals surface area contributed by atoms with E-state index in [1.54, 1.807) is 6.07 Å². The summed E-state index contributed by atoms with van der Waals surface area (Å²) in [6, 6.07) is 4.15. The fourth-order valence-electron chi connectivity index (χ4n) is 1.51. The molecule has 0 N–H and O–H groups in total. The average molecular weight is 350 g/mol. The van der Waals surface area contributed by atoms with E-state index in [4.69, 9.17) is 23.2 Å². The zero-order chi connectivity index (χ0) is 13.3. The van der Waals surface area contributed by atoms with E-state index in [9.17, 15) is 4.39 Å². The Balaban J connectivity index is 2.60. The first-order valence-corrected chi connectivity index (χ1v) is 6.74. The Morgan fingerprint density at radius 1 is 1.22 bits per heavy atom. The second kappa shape index (κ2) is 5.51. The molecule has 0 bridgehead atoms.